The van der Waals surface area contributed by atoms with Gasteiger partial charge >= 0.3 is 0 Å². The van der Waals surface area contributed by atoms with Gasteiger partial charge in [0, 0.05) is 37.6 Å². The van der Waals surface area contributed by atoms with Crippen LogP contribution in [-0.4, -0.2) is 50.1 Å². The van der Waals surface area contributed by atoms with E-state index in [1.165, 1.54) is 30.0 Å². The highest BCUT2D eigenvalue weighted by Gasteiger charge is 2.15. The SMILES string of the molecule is CCN1CCN(c2ccc(NC(=O)COc3ccc(F)cc3)cc2)CC1. The van der Waals surface area contributed by atoms with Gasteiger partial charge in [0.05, 0.1) is 0 Å². The number of ether oxygens (including phenoxy) is 1. The quantitative estimate of drug-likeness (QED) is 0.863. The number of piperazine rings is 1. The fourth-order valence-electron chi connectivity index (χ4n) is 2.95. The molecule has 1 N–H and O–H groups in total. The lowest BCUT2D eigenvalue weighted by molar-refractivity contribution is -0.118. The molecule has 5 nitrogen and oxygen atoms in total. The van der Waals surface area contributed by atoms with Crippen LogP contribution in [-0.2, 0) is 4.79 Å². The zero-order valence-electron chi connectivity index (χ0n) is 15.0. The standard InChI is InChI=1S/C20H24FN3O2/c1-2-23-11-13-24(14-12-23)18-7-5-17(6-8-18)22-20(25)15-26-19-9-3-16(21)4-10-19/h3-10H,2,11-15H2,1H3,(H,22,25). The molecule has 26 heavy (non-hydrogen) atoms. The normalized spacial score (nSPS) is 14.9. The molecule has 1 aliphatic rings. The first-order valence-corrected chi connectivity index (χ1v) is 8.89. The van der Waals surface area contributed by atoms with Crippen LogP contribution >= 0.6 is 0 Å². The number of rotatable bonds is 6. The van der Waals surface area contributed by atoms with Gasteiger partial charge in [0.1, 0.15) is 11.6 Å². The van der Waals surface area contributed by atoms with E-state index in [9.17, 15) is 9.18 Å². The number of nitrogens with one attached hydrogen (secondary N) is 1. The molecule has 1 heterocycles. The second-order valence-electron chi connectivity index (χ2n) is 6.26. The van der Waals surface area contributed by atoms with Crippen molar-refractivity contribution in [2.45, 2.75) is 6.92 Å². The average molecular weight is 357 g/mol. The summed E-state index contributed by atoms with van der Waals surface area (Å²) in [5.41, 5.74) is 1.90. The second-order valence-corrected chi connectivity index (χ2v) is 6.26. The summed E-state index contributed by atoms with van der Waals surface area (Å²) in [6.45, 7) is 7.36. The zero-order chi connectivity index (χ0) is 18.4. The first-order chi connectivity index (χ1) is 12.6. The van der Waals surface area contributed by atoms with Crippen molar-refractivity contribution >= 4 is 17.3 Å². The zero-order valence-corrected chi connectivity index (χ0v) is 15.0. The summed E-state index contributed by atoms with van der Waals surface area (Å²) in [5, 5.41) is 2.81. The van der Waals surface area contributed by atoms with E-state index in [0.29, 0.717) is 5.75 Å². The summed E-state index contributed by atoms with van der Waals surface area (Å²) in [4.78, 5) is 16.8. The van der Waals surface area contributed by atoms with Gasteiger partial charge in [-0.1, -0.05) is 6.92 Å². The van der Waals surface area contributed by atoms with Crippen LogP contribution in [0, 0.1) is 5.82 Å². The number of carbonyl (C=O) groups excluding carboxylic acids is 1. The largest absolute Gasteiger partial charge is 0.484 e. The molecular weight excluding hydrogens is 333 g/mol. The fraction of sp³-hybridized carbons (Fsp3) is 0.350. The van der Waals surface area contributed by atoms with Gasteiger partial charge in [-0.3, -0.25) is 4.79 Å². The van der Waals surface area contributed by atoms with Crippen molar-refractivity contribution in [2.75, 3.05) is 49.5 Å². The molecule has 0 spiro atoms. The molecular formula is C20H24FN3O2. The predicted molar refractivity (Wildman–Crippen MR) is 101 cm³/mol. The smallest absolute Gasteiger partial charge is 0.262 e. The number of nitrogens with zero attached hydrogens (tertiary/aromatic N) is 2. The summed E-state index contributed by atoms with van der Waals surface area (Å²) >= 11 is 0. The lowest BCUT2D eigenvalue weighted by Crippen LogP contribution is -2.46. The van der Waals surface area contributed by atoms with E-state index in [-0.39, 0.29) is 18.3 Å². The molecule has 1 aliphatic heterocycles. The van der Waals surface area contributed by atoms with Crippen molar-refractivity contribution < 1.29 is 13.9 Å². The van der Waals surface area contributed by atoms with Crippen LogP contribution in [0.25, 0.3) is 0 Å². The van der Waals surface area contributed by atoms with E-state index in [2.05, 4.69) is 22.0 Å². The molecule has 0 radical (unpaired) electrons. The molecule has 138 valence electrons. The Balaban J connectivity index is 1.47. The highest BCUT2D eigenvalue weighted by atomic mass is 19.1. The van der Waals surface area contributed by atoms with Gasteiger partial charge in [-0.2, -0.15) is 0 Å². The summed E-state index contributed by atoms with van der Waals surface area (Å²) in [6.07, 6.45) is 0. The Kier molecular flexibility index (Phi) is 6.07. The van der Waals surface area contributed by atoms with Crippen molar-refractivity contribution in [1.29, 1.82) is 0 Å². The highest BCUT2D eigenvalue weighted by Crippen LogP contribution is 2.19. The molecule has 0 bridgehead atoms. The first kappa shape index (κ1) is 18.2. The topological polar surface area (TPSA) is 44.8 Å². The number of amides is 1. The Morgan fingerprint density at radius 1 is 1.04 bits per heavy atom. The maximum Gasteiger partial charge on any atom is 0.262 e. The Morgan fingerprint density at radius 2 is 1.69 bits per heavy atom. The molecule has 2 aromatic carbocycles. The van der Waals surface area contributed by atoms with Gasteiger partial charge in [0.2, 0.25) is 0 Å². The molecule has 1 amide bonds. The minimum Gasteiger partial charge on any atom is -0.484 e. The van der Waals surface area contributed by atoms with Crippen LogP contribution in [0.15, 0.2) is 48.5 Å². The molecule has 0 atom stereocenters. The van der Waals surface area contributed by atoms with Crippen LogP contribution in [0.2, 0.25) is 0 Å². The predicted octanol–water partition coefficient (Wildman–Crippen LogP) is 2.99. The summed E-state index contributed by atoms with van der Waals surface area (Å²) in [7, 11) is 0. The summed E-state index contributed by atoms with van der Waals surface area (Å²) in [6, 6.07) is 13.4. The van der Waals surface area contributed by atoms with E-state index in [4.69, 9.17) is 4.74 Å². The van der Waals surface area contributed by atoms with Crippen LogP contribution in [0.4, 0.5) is 15.8 Å². The Labute approximate surface area is 153 Å². The van der Waals surface area contributed by atoms with Gasteiger partial charge in [-0.25, -0.2) is 4.39 Å². The van der Waals surface area contributed by atoms with Crippen molar-refractivity contribution in [1.82, 2.24) is 4.90 Å². The van der Waals surface area contributed by atoms with E-state index in [1.807, 2.05) is 24.3 Å². The van der Waals surface area contributed by atoms with Crippen molar-refractivity contribution in [3.8, 4) is 5.75 Å². The third-order valence-electron chi connectivity index (χ3n) is 4.52. The minimum absolute atomic E-state index is 0.119. The molecule has 0 aliphatic carbocycles. The Bertz CT molecular complexity index is 711. The Morgan fingerprint density at radius 3 is 2.31 bits per heavy atom. The number of carbonyl (C=O) groups is 1. The molecule has 3 rings (SSSR count). The van der Waals surface area contributed by atoms with Crippen LogP contribution in [0.3, 0.4) is 0 Å². The summed E-state index contributed by atoms with van der Waals surface area (Å²) in [5.74, 6) is -0.125. The maximum atomic E-state index is 12.8. The second kappa shape index (κ2) is 8.67. The average Bonchev–Trinajstić information content (AvgIpc) is 2.68. The van der Waals surface area contributed by atoms with Gasteiger partial charge in [-0.05, 0) is 55.1 Å². The lowest BCUT2D eigenvalue weighted by Gasteiger charge is -2.35. The van der Waals surface area contributed by atoms with E-state index < -0.39 is 0 Å². The molecule has 0 saturated carbocycles. The van der Waals surface area contributed by atoms with Crippen LogP contribution < -0.4 is 15.0 Å². The molecule has 6 heteroatoms. The lowest BCUT2D eigenvalue weighted by atomic mass is 10.2. The van der Waals surface area contributed by atoms with Gasteiger partial charge < -0.3 is 19.9 Å². The van der Waals surface area contributed by atoms with Gasteiger partial charge in [0.25, 0.3) is 5.91 Å². The number of likely N-dealkylation sites (N-methyl/N-ethyl adjacent to an activating group) is 1. The number of anilines is 2. The molecule has 2 aromatic rings. The highest BCUT2D eigenvalue weighted by molar-refractivity contribution is 5.92. The maximum absolute atomic E-state index is 12.8. The Hall–Kier alpha value is -2.60. The van der Waals surface area contributed by atoms with E-state index in [1.54, 1.807) is 0 Å². The van der Waals surface area contributed by atoms with Crippen molar-refractivity contribution in [3.05, 3.63) is 54.3 Å². The van der Waals surface area contributed by atoms with Crippen LogP contribution in [0.5, 0.6) is 5.75 Å². The number of benzene rings is 2. The summed E-state index contributed by atoms with van der Waals surface area (Å²) < 4.78 is 18.2. The third-order valence-corrected chi connectivity index (χ3v) is 4.52. The van der Waals surface area contributed by atoms with E-state index in [0.717, 1.165) is 38.4 Å². The van der Waals surface area contributed by atoms with Gasteiger partial charge in [-0.15, -0.1) is 0 Å². The number of halogens is 1. The molecule has 0 aromatic heterocycles. The molecule has 1 fully saturated rings. The minimum atomic E-state index is -0.335. The van der Waals surface area contributed by atoms with Crippen molar-refractivity contribution in [3.63, 3.8) is 0 Å². The van der Waals surface area contributed by atoms with Gasteiger partial charge in [0.15, 0.2) is 6.61 Å². The molecule has 1 saturated heterocycles. The van der Waals surface area contributed by atoms with Crippen molar-refractivity contribution in [2.24, 2.45) is 0 Å². The first-order valence-electron chi connectivity index (χ1n) is 8.89. The number of hydrogen-bond acceptors (Lipinski definition) is 4. The monoisotopic (exact) mass is 357 g/mol. The third kappa shape index (κ3) is 4.95. The van der Waals surface area contributed by atoms with Crippen LogP contribution in [0.1, 0.15) is 6.92 Å². The number of hydrogen-bond donors (Lipinski definition) is 1. The fourth-order valence-corrected chi connectivity index (χ4v) is 2.95. The molecule has 0 unspecified atom stereocenters. The van der Waals surface area contributed by atoms with E-state index >= 15 is 0 Å².